The van der Waals surface area contributed by atoms with Crippen LogP contribution in [-0.2, 0) is 13.0 Å². The van der Waals surface area contributed by atoms with Crippen LogP contribution in [0.15, 0.2) is 11.3 Å². The van der Waals surface area contributed by atoms with Gasteiger partial charge in [0.2, 0.25) is 0 Å². The number of carbonyl (C=O) groups is 1. The average molecular weight is 429 g/mol. The maximum atomic E-state index is 12.5. The topological polar surface area (TPSA) is 53.7 Å². The molecule has 23 heavy (non-hydrogen) atoms. The lowest BCUT2D eigenvalue weighted by molar-refractivity contribution is 0.0809. The van der Waals surface area contributed by atoms with E-state index in [0.717, 1.165) is 28.3 Å². The summed E-state index contributed by atoms with van der Waals surface area (Å²) >= 11 is 2.31. The summed E-state index contributed by atoms with van der Waals surface area (Å²) in [5.41, 5.74) is 1.05. The van der Waals surface area contributed by atoms with E-state index in [0.29, 0.717) is 17.8 Å². The molecule has 0 bridgehead atoms. The molecule has 2 unspecified atom stereocenters. The van der Waals surface area contributed by atoms with Crippen LogP contribution < -0.4 is 0 Å². The predicted molar refractivity (Wildman–Crippen MR) is 98.8 cm³/mol. The minimum absolute atomic E-state index is 0.0296. The third-order valence-electron chi connectivity index (χ3n) is 4.74. The molecular weight excluding hydrogens is 405 g/mol. The highest BCUT2D eigenvalue weighted by atomic mass is 127. The molecule has 126 valence electrons. The Morgan fingerprint density at radius 1 is 1.43 bits per heavy atom. The standard InChI is InChI=1S/C16H24IN5O/c1-10-13(14(17)19-21(10)4)9-22-8-12(7-11-5-6-11)18-15(22)16(23)20(2)3/h8,10-11,13H,5-7,9H2,1-4H3. The second-order valence-corrected chi connectivity index (χ2v) is 8.00. The second kappa shape index (κ2) is 6.41. The Morgan fingerprint density at radius 2 is 2.13 bits per heavy atom. The number of nitrogens with zero attached hydrogens (tertiary/aromatic N) is 5. The Kier molecular flexibility index (Phi) is 4.66. The molecule has 0 radical (unpaired) electrons. The third-order valence-corrected chi connectivity index (χ3v) is 5.76. The molecule has 0 saturated heterocycles. The van der Waals surface area contributed by atoms with Gasteiger partial charge in [-0.25, -0.2) is 4.98 Å². The van der Waals surface area contributed by atoms with Gasteiger partial charge in [0, 0.05) is 39.8 Å². The first kappa shape index (κ1) is 16.7. The number of rotatable bonds is 5. The number of aromatic nitrogens is 2. The number of amides is 1. The fourth-order valence-corrected chi connectivity index (χ4v) is 3.97. The van der Waals surface area contributed by atoms with Crippen molar-refractivity contribution >= 4 is 32.2 Å². The molecule has 3 rings (SSSR count). The minimum Gasteiger partial charge on any atom is -0.342 e. The van der Waals surface area contributed by atoms with Crippen molar-refractivity contribution in [3.63, 3.8) is 0 Å². The molecule has 1 aliphatic heterocycles. The molecule has 1 saturated carbocycles. The van der Waals surface area contributed by atoms with Crippen molar-refractivity contribution in [3.8, 4) is 0 Å². The summed E-state index contributed by atoms with van der Waals surface area (Å²) in [5.74, 6) is 1.59. The number of hydrogen-bond acceptors (Lipinski definition) is 4. The van der Waals surface area contributed by atoms with Crippen LogP contribution >= 0.6 is 22.6 Å². The molecule has 2 aliphatic rings. The van der Waals surface area contributed by atoms with E-state index in [-0.39, 0.29) is 5.91 Å². The number of imidazole rings is 1. The van der Waals surface area contributed by atoms with Crippen LogP contribution in [0.5, 0.6) is 0 Å². The van der Waals surface area contributed by atoms with Gasteiger partial charge in [-0.3, -0.25) is 9.80 Å². The smallest absolute Gasteiger partial charge is 0.289 e. The van der Waals surface area contributed by atoms with Crippen molar-refractivity contribution in [3.05, 3.63) is 17.7 Å². The maximum absolute atomic E-state index is 12.5. The zero-order chi connectivity index (χ0) is 16.7. The molecule has 2 atom stereocenters. The van der Waals surface area contributed by atoms with E-state index in [1.54, 1.807) is 19.0 Å². The number of hydrazone groups is 1. The Hall–Kier alpha value is -1.12. The first-order valence-corrected chi connectivity index (χ1v) is 9.19. The normalized spacial score (nSPS) is 24.0. The summed E-state index contributed by atoms with van der Waals surface area (Å²) in [6.07, 6.45) is 5.65. The molecule has 6 nitrogen and oxygen atoms in total. The van der Waals surface area contributed by atoms with E-state index in [9.17, 15) is 4.79 Å². The molecule has 1 aromatic rings. The van der Waals surface area contributed by atoms with Crippen molar-refractivity contribution in [2.75, 3.05) is 21.1 Å². The van der Waals surface area contributed by atoms with Crippen LogP contribution in [-0.4, -0.2) is 56.3 Å². The van der Waals surface area contributed by atoms with Gasteiger partial charge >= 0.3 is 0 Å². The van der Waals surface area contributed by atoms with Crippen LogP contribution in [0, 0.1) is 11.8 Å². The van der Waals surface area contributed by atoms with Crippen molar-refractivity contribution in [1.29, 1.82) is 0 Å². The SMILES string of the molecule is CC1C(Cn2cc(CC3CC3)nc2C(=O)N(C)C)C(I)=NN1C. The molecule has 1 aromatic heterocycles. The van der Waals surface area contributed by atoms with Gasteiger partial charge in [-0.05, 0) is 54.7 Å². The number of halogens is 1. The molecule has 2 heterocycles. The lowest BCUT2D eigenvalue weighted by atomic mass is 10.0. The summed E-state index contributed by atoms with van der Waals surface area (Å²) in [6, 6.07) is 0.332. The number of carbonyl (C=O) groups excluding carboxylic acids is 1. The summed E-state index contributed by atoms with van der Waals surface area (Å²) in [5, 5.41) is 6.53. The van der Waals surface area contributed by atoms with E-state index >= 15 is 0 Å². The molecule has 1 aliphatic carbocycles. The summed E-state index contributed by atoms with van der Waals surface area (Å²) in [7, 11) is 5.56. The molecule has 1 fully saturated rings. The van der Waals surface area contributed by atoms with E-state index in [2.05, 4.69) is 45.8 Å². The minimum atomic E-state index is -0.0296. The molecular formula is C16H24IN5O. The number of hydrogen-bond donors (Lipinski definition) is 0. The van der Waals surface area contributed by atoms with Crippen LogP contribution in [0.1, 0.15) is 36.1 Å². The van der Waals surface area contributed by atoms with Gasteiger partial charge in [0.25, 0.3) is 5.91 Å². The van der Waals surface area contributed by atoms with Gasteiger partial charge in [0.1, 0.15) is 3.72 Å². The van der Waals surface area contributed by atoms with Crippen molar-refractivity contribution in [1.82, 2.24) is 19.5 Å². The summed E-state index contributed by atoms with van der Waals surface area (Å²) in [6.45, 7) is 2.93. The van der Waals surface area contributed by atoms with Gasteiger partial charge < -0.3 is 9.47 Å². The van der Waals surface area contributed by atoms with Gasteiger partial charge in [0.15, 0.2) is 5.82 Å². The van der Waals surface area contributed by atoms with E-state index in [4.69, 9.17) is 0 Å². The highest BCUT2D eigenvalue weighted by Gasteiger charge is 2.33. The average Bonchev–Trinajstić information content (AvgIpc) is 3.16. The molecule has 7 heteroatoms. The zero-order valence-corrected chi connectivity index (χ0v) is 16.3. The van der Waals surface area contributed by atoms with E-state index in [1.165, 1.54) is 12.8 Å². The van der Waals surface area contributed by atoms with Crippen molar-refractivity contribution < 1.29 is 4.79 Å². The largest absolute Gasteiger partial charge is 0.342 e. The second-order valence-electron chi connectivity index (χ2n) is 6.90. The van der Waals surface area contributed by atoms with E-state index < -0.39 is 0 Å². The molecule has 0 spiro atoms. The van der Waals surface area contributed by atoms with Crippen LogP contribution in [0.3, 0.4) is 0 Å². The molecule has 0 N–H and O–H groups in total. The highest BCUT2D eigenvalue weighted by Crippen LogP contribution is 2.33. The van der Waals surface area contributed by atoms with Gasteiger partial charge in [-0.2, -0.15) is 5.10 Å². The Balaban J connectivity index is 1.85. The fourth-order valence-electron chi connectivity index (χ4n) is 2.91. The maximum Gasteiger partial charge on any atom is 0.289 e. The van der Waals surface area contributed by atoms with Gasteiger partial charge in [-0.1, -0.05) is 0 Å². The van der Waals surface area contributed by atoms with Gasteiger partial charge in [-0.15, -0.1) is 0 Å². The quantitative estimate of drug-likeness (QED) is 0.675. The lowest BCUT2D eigenvalue weighted by Gasteiger charge is -2.21. The Bertz CT molecular complexity index is 634. The summed E-state index contributed by atoms with van der Waals surface area (Å²) < 4.78 is 3.13. The van der Waals surface area contributed by atoms with Crippen LogP contribution in [0.4, 0.5) is 0 Å². The third kappa shape index (κ3) is 3.54. The summed E-state index contributed by atoms with van der Waals surface area (Å²) in [4.78, 5) is 18.7. The van der Waals surface area contributed by atoms with Crippen molar-refractivity contribution in [2.24, 2.45) is 16.9 Å². The van der Waals surface area contributed by atoms with E-state index in [1.807, 2.05) is 16.6 Å². The van der Waals surface area contributed by atoms with Crippen LogP contribution in [0.2, 0.25) is 0 Å². The van der Waals surface area contributed by atoms with Gasteiger partial charge in [0.05, 0.1) is 11.7 Å². The molecule has 0 aromatic carbocycles. The highest BCUT2D eigenvalue weighted by molar-refractivity contribution is 14.1. The fraction of sp³-hybridized carbons (Fsp3) is 0.688. The Morgan fingerprint density at radius 3 is 2.65 bits per heavy atom. The van der Waals surface area contributed by atoms with Crippen molar-refractivity contribution in [2.45, 2.75) is 38.8 Å². The Labute approximate surface area is 151 Å². The van der Waals surface area contributed by atoms with Crippen LogP contribution in [0.25, 0.3) is 0 Å². The lowest BCUT2D eigenvalue weighted by Crippen LogP contribution is -2.32. The predicted octanol–water partition coefficient (Wildman–Crippen LogP) is 2.24. The zero-order valence-electron chi connectivity index (χ0n) is 14.2. The first-order valence-electron chi connectivity index (χ1n) is 8.11. The monoisotopic (exact) mass is 429 g/mol. The first-order chi connectivity index (χ1) is 10.9. The molecule has 1 amide bonds.